The van der Waals surface area contributed by atoms with E-state index in [1.807, 2.05) is 0 Å². The Kier molecular flexibility index (Phi) is 5.51. The van der Waals surface area contributed by atoms with E-state index in [4.69, 9.17) is 26.8 Å². The average Bonchev–Trinajstić information content (AvgIpc) is 2.95. The number of hydrogen-bond donors (Lipinski definition) is 2. The van der Waals surface area contributed by atoms with E-state index >= 15 is 0 Å². The van der Waals surface area contributed by atoms with Crippen molar-refractivity contribution in [1.29, 1.82) is 0 Å². The largest absolute Gasteiger partial charge is 0.493 e. The molecule has 0 unspecified atom stereocenters. The van der Waals surface area contributed by atoms with Gasteiger partial charge < -0.3 is 15.2 Å². The van der Waals surface area contributed by atoms with E-state index in [1.165, 1.54) is 25.3 Å². The minimum atomic E-state index is -0.668. The van der Waals surface area contributed by atoms with Gasteiger partial charge in [0.2, 0.25) is 0 Å². The van der Waals surface area contributed by atoms with Gasteiger partial charge in [-0.2, -0.15) is 0 Å². The highest BCUT2D eigenvalue weighted by molar-refractivity contribution is 6.33. The van der Waals surface area contributed by atoms with Crippen LogP contribution in [0.3, 0.4) is 0 Å². The lowest BCUT2D eigenvalue weighted by atomic mass is 10.1. The molecule has 1 aliphatic rings. The van der Waals surface area contributed by atoms with E-state index in [1.54, 1.807) is 30.3 Å². The first-order valence-corrected chi connectivity index (χ1v) is 8.49. The first-order valence-electron chi connectivity index (χ1n) is 8.11. The van der Waals surface area contributed by atoms with Crippen molar-refractivity contribution in [2.24, 2.45) is 5.73 Å². The predicted molar refractivity (Wildman–Crippen MR) is 103 cm³/mol. The molecule has 2 aromatic rings. The van der Waals surface area contributed by atoms with Crippen molar-refractivity contribution in [3.05, 3.63) is 58.6 Å². The van der Waals surface area contributed by atoms with E-state index in [0.717, 1.165) is 5.01 Å². The summed E-state index contributed by atoms with van der Waals surface area (Å²) in [6.07, 6.45) is 1.40. The van der Waals surface area contributed by atoms with Gasteiger partial charge >= 0.3 is 0 Å². The second kappa shape index (κ2) is 8.01. The van der Waals surface area contributed by atoms with Crippen LogP contribution in [0.2, 0.25) is 5.02 Å². The zero-order chi connectivity index (χ0) is 20.3. The molecule has 3 N–H and O–H groups in total. The lowest BCUT2D eigenvalue weighted by molar-refractivity contribution is -0.120. The fourth-order valence-corrected chi connectivity index (χ4v) is 2.86. The number of anilines is 1. The van der Waals surface area contributed by atoms with Gasteiger partial charge in [-0.3, -0.25) is 19.8 Å². The molecule has 1 fully saturated rings. The van der Waals surface area contributed by atoms with E-state index < -0.39 is 17.7 Å². The summed E-state index contributed by atoms with van der Waals surface area (Å²) in [7, 11) is 1.39. The van der Waals surface area contributed by atoms with Crippen molar-refractivity contribution in [2.45, 2.75) is 0 Å². The van der Waals surface area contributed by atoms with Crippen LogP contribution in [0.4, 0.5) is 5.69 Å². The second-order valence-corrected chi connectivity index (χ2v) is 6.17. The summed E-state index contributed by atoms with van der Waals surface area (Å²) >= 11 is 6.20. The number of para-hydroxylation sites is 1. The third kappa shape index (κ3) is 3.91. The van der Waals surface area contributed by atoms with E-state index in [-0.39, 0.29) is 28.7 Å². The minimum absolute atomic E-state index is 0.0622. The molecule has 3 amide bonds. The number of nitrogens with two attached hydrogens (primary N) is 1. The smallest absolute Gasteiger partial charge is 0.282 e. The Morgan fingerprint density at radius 3 is 2.61 bits per heavy atom. The number of halogens is 1. The quantitative estimate of drug-likeness (QED) is 0.565. The molecular formula is C19H16ClN3O5. The Morgan fingerprint density at radius 2 is 1.96 bits per heavy atom. The Balaban J connectivity index is 1.92. The molecule has 0 bridgehead atoms. The van der Waals surface area contributed by atoms with Crippen LogP contribution in [-0.4, -0.2) is 31.4 Å². The van der Waals surface area contributed by atoms with Crippen LogP contribution in [0, 0.1) is 0 Å². The van der Waals surface area contributed by atoms with Crippen LogP contribution in [-0.2, 0) is 14.4 Å². The monoisotopic (exact) mass is 401 g/mol. The molecule has 2 aromatic carbocycles. The summed E-state index contributed by atoms with van der Waals surface area (Å²) < 4.78 is 10.5. The zero-order valence-electron chi connectivity index (χ0n) is 14.8. The van der Waals surface area contributed by atoms with Gasteiger partial charge in [-0.15, -0.1) is 0 Å². The van der Waals surface area contributed by atoms with Crippen LogP contribution in [0.25, 0.3) is 6.08 Å². The number of benzene rings is 2. The molecule has 0 radical (unpaired) electrons. The molecule has 144 valence electrons. The summed E-state index contributed by atoms with van der Waals surface area (Å²) in [6, 6.07) is 11.7. The fourth-order valence-electron chi connectivity index (χ4n) is 2.59. The Labute approximate surface area is 165 Å². The molecule has 1 saturated heterocycles. The number of primary amides is 1. The lowest BCUT2D eigenvalue weighted by Gasteiger charge is -2.14. The van der Waals surface area contributed by atoms with Crippen molar-refractivity contribution >= 4 is 41.1 Å². The van der Waals surface area contributed by atoms with Crippen LogP contribution in [0.1, 0.15) is 5.56 Å². The molecule has 28 heavy (non-hydrogen) atoms. The summed E-state index contributed by atoms with van der Waals surface area (Å²) in [5.41, 5.74) is 8.50. The molecule has 1 heterocycles. The number of carbonyl (C=O) groups is 3. The number of amides is 3. The number of carbonyl (C=O) groups excluding carboxylic acids is 3. The predicted octanol–water partition coefficient (Wildman–Crippen LogP) is 1.67. The van der Waals surface area contributed by atoms with Gasteiger partial charge in [0.15, 0.2) is 18.1 Å². The van der Waals surface area contributed by atoms with Gasteiger partial charge in [0, 0.05) is 0 Å². The normalized spacial score (nSPS) is 14.9. The average molecular weight is 402 g/mol. The molecule has 0 atom stereocenters. The third-order valence-corrected chi connectivity index (χ3v) is 4.11. The van der Waals surface area contributed by atoms with E-state index in [0.29, 0.717) is 11.3 Å². The lowest BCUT2D eigenvalue weighted by Crippen LogP contribution is -2.35. The topological polar surface area (TPSA) is 111 Å². The molecule has 9 heteroatoms. The first-order chi connectivity index (χ1) is 13.4. The number of nitrogens with zero attached hydrogens (tertiary/aromatic N) is 1. The number of nitrogens with one attached hydrogen (secondary N) is 1. The fraction of sp³-hybridized carbons (Fsp3) is 0.105. The van der Waals surface area contributed by atoms with Crippen molar-refractivity contribution in [3.8, 4) is 11.5 Å². The zero-order valence-corrected chi connectivity index (χ0v) is 15.5. The highest BCUT2D eigenvalue weighted by Gasteiger charge is 2.34. The maximum atomic E-state index is 12.6. The maximum Gasteiger partial charge on any atom is 0.282 e. The molecule has 8 nitrogen and oxygen atoms in total. The Bertz CT molecular complexity index is 975. The summed E-state index contributed by atoms with van der Waals surface area (Å²) in [4.78, 5) is 35.8. The molecule has 0 aromatic heterocycles. The molecule has 1 aliphatic heterocycles. The highest BCUT2D eigenvalue weighted by atomic mass is 35.5. The Hall–Kier alpha value is -3.52. The van der Waals surface area contributed by atoms with Crippen LogP contribution in [0.15, 0.2) is 48.0 Å². The first kappa shape index (κ1) is 19.2. The molecular weight excluding hydrogens is 386 g/mol. The SMILES string of the molecule is COc1cc(C=C2C(=O)NN(c3ccccc3)C2=O)cc(Cl)c1OCC(N)=O. The van der Waals surface area contributed by atoms with Crippen molar-refractivity contribution in [2.75, 3.05) is 18.7 Å². The van der Waals surface area contributed by atoms with Crippen molar-refractivity contribution in [3.63, 3.8) is 0 Å². The molecule has 0 saturated carbocycles. The summed E-state index contributed by atoms with van der Waals surface area (Å²) in [5.74, 6) is -1.35. The molecule has 0 spiro atoms. The van der Waals surface area contributed by atoms with E-state index in [9.17, 15) is 14.4 Å². The maximum absolute atomic E-state index is 12.6. The van der Waals surface area contributed by atoms with Crippen molar-refractivity contribution < 1.29 is 23.9 Å². The number of hydrogen-bond acceptors (Lipinski definition) is 5. The summed E-state index contributed by atoms with van der Waals surface area (Å²) in [5, 5.41) is 1.30. The van der Waals surface area contributed by atoms with Crippen LogP contribution >= 0.6 is 11.6 Å². The number of hydrazine groups is 1. The van der Waals surface area contributed by atoms with Gasteiger partial charge in [-0.25, -0.2) is 5.01 Å². The number of methoxy groups -OCH3 is 1. The van der Waals surface area contributed by atoms with Gasteiger partial charge in [0.25, 0.3) is 17.7 Å². The Morgan fingerprint density at radius 1 is 1.25 bits per heavy atom. The standard InChI is InChI=1S/C19H16ClN3O5/c1-27-15-9-11(8-14(20)17(15)28-10-16(21)24)7-13-18(25)22-23(19(13)26)12-5-3-2-4-6-12/h2-9H,10H2,1H3,(H2,21,24)(H,22,25). The minimum Gasteiger partial charge on any atom is -0.493 e. The number of ether oxygens (including phenoxy) is 2. The summed E-state index contributed by atoms with van der Waals surface area (Å²) in [6.45, 7) is -0.372. The van der Waals surface area contributed by atoms with E-state index in [2.05, 4.69) is 5.43 Å². The molecule has 0 aliphatic carbocycles. The van der Waals surface area contributed by atoms with Crippen molar-refractivity contribution in [1.82, 2.24) is 5.43 Å². The molecule has 3 rings (SSSR count). The third-order valence-electron chi connectivity index (χ3n) is 3.83. The van der Waals surface area contributed by atoms with Crippen LogP contribution < -0.4 is 25.6 Å². The second-order valence-electron chi connectivity index (χ2n) is 5.76. The van der Waals surface area contributed by atoms with Gasteiger partial charge in [-0.05, 0) is 35.9 Å². The van der Waals surface area contributed by atoms with Gasteiger partial charge in [0.1, 0.15) is 5.57 Å². The van der Waals surface area contributed by atoms with Gasteiger partial charge in [0.05, 0.1) is 17.8 Å². The highest BCUT2D eigenvalue weighted by Crippen LogP contribution is 2.37. The van der Waals surface area contributed by atoms with Gasteiger partial charge in [-0.1, -0.05) is 29.8 Å². The van der Waals surface area contributed by atoms with Crippen LogP contribution in [0.5, 0.6) is 11.5 Å². The number of rotatable bonds is 6.